The number of nitrogens with zero attached hydrogens (tertiary/aromatic N) is 4. The Kier molecular flexibility index (Phi) is 5.42. The minimum atomic E-state index is -4.28. The topological polar surface area (TPSA) is 83.6 Å². The Morgan fingerprint density at radius 2 is 1.94 bits per heavy atom. The van der Waals surface area contributed by atoms with Crippen LogP contribution in [0.25, 0.3) is 0 Å². The molecule has 2 heterocycles. The molecule has 1 aliphatic rings. The van der Waals surface area contributed by atoms with Crippen LogP contribution in [0.3, 0.4) is 0 Å². The van der Waals surface area contributed by atoms with E-state index in [-0.39, 0.29) is 54.4 Å². The van der Waals surface area contributed by atoms with Gasteiger partial charge in [0.05, 0.1) is 29.6 Å². The third-order valence-corrected chi connectivity index (χ3v) is 5.43. The minimum absolute atomic E-state index is 0.00975. The molecular formula is C22H17F4N5O. The van der Waals surface area contributed by atoms with Gasteiger partial charge in [-0.2, -0.15) is 23.5 Å². The molecule has 1 amide bonds. The molecule has 0 spiro atoms. The Morgan fingerprint density at radius 1 is 1.22 bits per heavy atom. The highest BCUT2D eigenvalue weighted by atomic mass is 19.4. The Morgan fingerprint density at radius 3 is 2.53 bits per heavy atom. The third-order valence-electron chi connectivity index (χ3n) is 5.43. The van der Waals surface area contributed by atoms with E-state index in [0.717, 1.165) is 6.07 Å². The molecule has 1 aromatic carbocycles. The summed E-state index contributed by atoms with van der Waals surface area (Å²) in [7, 11) is 0. The van der Waals surface area contributed by atoms with E-state index in [9.17, 15) is 22.4 Å². The maximum absolute atomic E-state index is 14.0. The number of pyridine rings is 1. The molecule has 0 radical (unpaired) electrons. The van der Waals surface area contributed by atoms with Crippen LogP contribution < -0.4 is 5.32 Å². The van der Waals surface area contributed by atoms with Crippen molar-refractivity contribution in [1.82, 2.24) is 14.8 Å². The number of benzene rings is 1. The van der Waals surface area contributed by atoms with Gasteiger partial charge >= 0.3 is 6.18 Å². The van der Waals surface area contributed by atoms with Gasteiger partial charge < -0.3 is 5.32 Å². The number of anilines is 1. The molecule has 0 aliphatic heterocycles. The van der Waals surface area contributed by atoms with Crippen LogP contribution in [0.4, 0.5) is 23.4 Å². The number of hydrogen-bond donors (Lipinski definition) is 1. The second kappa shape index (κ2) is 8.07. The zero-order valence-corrected chi connectivity index (χ0v) is 16.7. The molecule has 1 fully saturated rings. The van der Waals surface area contributed by atoms with E-state index in [1.807, 2.05) is 0 Å². The molecule has 32 heavy (non-hydrogen) atoms. The lowest BCUT2D eigenvalue weighted by molar-refractivity contribution is -0.160. The number of halogens is 4. The molecule has 6 nitrogen and oxygen atoms in total. The summed E-state index contributed by atoms with van der Waals surface area (Å²) >= 11 is 0. The number of rotatable bonds is 6. The monoisotopic (exact) mass is 443 g/mol. The summed E-state index contributed by atoms with van der Waals surface area (Å²) in [5, 5.41) is 15.5. The van der Waals surface area contributed by atoms with Crippen molar-refractivity contribution in [2.24, 2.45) is 0 Å². The molecule has 164 valence electrons. The molecule has 1 saturated carbocycles. The van der Waals surface area contributed by atoms with Gasteiger partial charge in [0.25, 0.3) is 0 Å². The van der Waals surface area contributed by atoms with E-state index in [1.165, 1.54) is 47.4 Å². The van der Waals surface area contributed by atoms with Gasteiger partial charge in [0, 0.05) is 18.5 Å². The number of alkyl halides is 3. The van der Waals surface area contributed by atoms with Gasteiger partial charge in [-0.25, -0.2) is 4.39 Å². The number of carbonyl (C=O) groups is 1. The number of nitriles is 1. The second-order valence-electron chi connectivity index (χ2n) is 7.66. The average Bonchev–Trinajstić information content (AvgIpc) is 3.46. The number of hydrogen-bond acceptors (Lipinski definition) is 4. The zero-order chi connectivity index (χ0) is 22.9. The largest absolute Gasteiger partial charge is 0.398 e. The van der Waals surface area contributed by atoms with Crippen LogP contribution in [0, 0.1) is 17.1 Å². The van der Waals surface area contributed by atoms with E-state index >= 15 is 0 Å². The lowest BCUT2D eigenvalue weighted by Crippen LogP contribution is -2.28. The van der Waals surface area contributed by atoms with Crippen LogP contribution in [0.1, 0.15) is 35.2 Å². The molecule has 1 aliphatic carbocycles. The fourth-order valence-corrected chi connectivity index (χ4v) is 3.49. The molecule has 4 rings (SSSR count). The summed E-state index contributed by atoms with van der Waals surface area (Å²) in [6.07, 6.45) is -1.34. The first-order valence-electron chi connectivity index (χ1n) is 9.74. The van der Waals surface area contributed by atoms with Gasteiger partial charge in [0.2, 0.25) is 5.91 Å². The Hall–Kier alpha value is -3.74. The molecule has 10 heteroatoms. The standard InChI is InChI=1S/C22H17F4N5O/c23-17-9-15(11-27)12-28-18(17)13-31-8-5-19(30-31)29-20(32)10-14-1-3-16(4-2-14)21(6-7-21)22(24,25)26/h1-5,8-9,12H,6-7,10,13H2,(H,29,30,32). The SMILES string of the molecule is N#Cc1cnc(Cn2ccc(NC(=O)Cc3ccc(C4(C(F)(F)F)CC4)cc3)n2)c(F)c1. The van der Waals surface area contributed by atoms with Crippen LogP contribution in [0.2, 0.25) is 0 Å². The first-order chi connectivity index (χ1) is 15.2. The van der Waals surface area contributed by atoms with E-state index in [0.29, 0.717) is 5.56 Å². The first kappa shape index (κ1) is 21.5. The maximum atomic E-state index is 14.0. The van der Waals surface area contributed by atoms with Crippen molar-refractivity contribution in [3.8, 4) is 6.07 Å². The zero-order valence-electron chi connectivity index (χ0n) is 16.7. The molecule has 0 bridgehead atoms. The fourth-order valence-electron chi connectivity index (χ4n) is 3.49. The molecule has 0 unspecified atom stereocenters. The molecule has 0 saturated heterocycles. The van der Waals surface area contributed by atoms with Crippen molar-refractivity contribution in [1.29, 1.82) is 5.26 Å². The van der Waals surface area contributed by atoms with E-state index in [2.05, 4.69) is 15.4 Å². The second-order valence-corrected chi connectivity index (χ2v) is 7.66. The summed E-state index contributed by atoms with van der Waals surface area (Å²) in [5.41, 5.74) is -0.746. The molecule has 0 atom stereocenters. The number of aromatic nitrogens is 3. The van der Waals surface area contributed by atoms with Crippen LogP contribution in [0.15, 0.2) is 48.8 Å². The maximum Gasteiger partial charge on any atom is 0.398 e. The first-order valence-corrected chi connectivity index (χ1v) is 9.74. The predicted molar refractivity (Wildman–Crippen MR) is 106 cm³/mol. The van der Waals surface area contributed by atoms with Gasteiger partial charge in [-0.05, 0) is 30.0 Å². The summed E-state index contributed by atoms with van der Waals surface area (Å²) in [6, 6.07) is 10.3. The highest BCUT2D eigenvalue weighted by molar-refractivity contribution is 5.91. The van der Waals surface area contributed by atoms with Crippen molar-refractivity contribution < 1.29 is 22.4 Å². The highest BCUT2D eigenvalue weighted by Gasteiger charge is 2.64. The van der Waals surface area contributed by atoms with Crippen LogP contribution in [-0.4, -0.2) is 26.8 Å². The van der Waals surface area contributed by atoms with Gasteiger partial charge in [0.15, 0.2) is 5.82 Å². The minimum Gasteiger partial charge on any atom is -0.309 e. The fraction of sp³-hybridized carbons (Fsp3) is 0.273. The quantitative estimate of drug-likeness (QED) is 0.581. The Balaban J connectivity index is 1.35. The van der Waals surface area contributed by atoms with Crippen molar-refractivity contribution in [3.05, 3.63) is 77.0 Å². The lowest BCUT2D eigenvalue weighted by Gasteiger charge is -2.19. The van der Waals surface area contributed by atoms with E-state index < -0.39 is 17.4 Å². The van der Waals surface area contributed by atoms with Crippen molar-refractivity contribution in [2.45, 2.75) is 37.4 Å². The Labute approximate surface area is 180 Å². The van der Waals surface area contributed by atoms with Crippen molar-refractivity contribution >= 4 is 11.7 Å². The van der Waals surface area contributed by atoms with Gasteiger partial charge in [-0.15, -0.1) is 0 Å². The Bertz CT molecular complexity index is 1190. The number of amides is 1. The van der Waals surface area contributed by atoms with Crippen molar-refractivity contribution in [3.63, 3.8) is 0 Å². The summed E-state index contributed by atoms with van der Waals surface area (Å²) in [5.74, 6) is -0.774. The highest BCUT2D eigenvalue weighted by Crippen LogP contribution is 2.58. The average molecular weight is 443 g/mol. The van der Waals surface area contributed by atoms with Gasteiger partial charge in [-0.3, -0.25) is 14.5 Å². The normalized spacial score (nSPS) is 14.6. The van der Waals surface area contributed by atoms with E-state index in [1.54, 1.807) is 6.07 Å². The van der Waals surface area contributed by atoms with Crippen LogP contribution in [-0.2, 0) is 23.2 Å². The van der Waals surface area contributed by atoms with Gasteiger partial charge in [-0.1, -0.05) is 24.3 Å². The number of carbonyl (C=O) groups excluding carboxylic acids is 1. The number of nitrogens with one attached hydrogen (secondary N) is 1. The molecule has 2 aromatic heterocycles. The van der Waals surface area contributed by atoms with Crippen LogP contribution in [0.5, 0.6) is 0 Å². The molecule has 1 N–H and O–H groups in total. The summed E-state index contributed by atoms with van der Waals surface area (Å²) in [6.45, 7) is 0.00975. The smallest absolute Gasteiger partial charge is 0.309 e. The predicted octanol–water partition coefficient (Wildman–Crippen LogP) is 4.11. The third kappa shape index (κ3) is 4.32. The van der Waals surface area contributed by atoms with Crippen molar-refractivity contribution in [2.75, 3.05) is 5.32 Å². The van der Waals surface area contributed by atoms with E-state index in [4.69, 9.17) is 5.26 Å². The lowest BCUT2D eigenvalue weighted by atomic mass is 9.94. The molecule has 3 aromatic rings. The summed E-state index contributed by atoms with van der Waals surface area (Å²) in [4.78, 5) is 16.2. The van der Waals surface area contributed by atoms with Gasteiger partial charge in [0.1, 0.15) is 11.9 Å². The molecular weight excluding hydrogens is 426 g/mol. The van der Waals surface area contributed by atoms with Crippen LogP contribution >= 0.6 is 0 Å². The summed E-state index contributed by atoms with van der Waals surface area (Å²) < 4.78 is 55.0.